The fourth-order valence-corrected chi connectivity index (χ4v) is 3.96. The largest absolute Gasteiger partial charge is 0.416 e. The van der Waals surface area contributed by atoms with Gasteiger partial charge in [0.05, 0.1) is 16.7 Å². The molecule has 31 heavy (non-hydrogen) atoms. The van der Waals surface area contributed by atoms with Crippen LogP contribution >= 0.6 is 0 Å². The van der Waals surface area contributed by atoms with Gasteiger partial charge in [-0.25, -0.2) is 13.8 Å². The molecular weight excluding hydrogens is 411 g/mol. The maximum absolute atomic E-state index is 14.7. The van der Waals surface area contributed by atoms with E-state index in [4.69, 9.17) is 0 Å². The van der Waals surface area contributed by atoms with E-state index in [0.717, 1.165) is 12.1 Å². The molecular formula is C24H14F5N2+. The zero-order valence-electron chi connectivity index (χ0n) is 15.8. The molecule has 5 rings (SSSR count). The second-order valence-corrected chi connectivity index (χ2v) is 7.18. The molecule has 7 heteroatoms. The number of allylic oxidation sites excluding steroid dienone is 1. The first kappa shape index (κ1) is 19.2. The third kappa shape index (κ3) is 3.13. The lowest BCUT2D eigenvalue weighted by Gasteiger charge is -2.13. The van der Waals surface area contributed by atoms with Crippen LogP contribution in [0.4, 0.5) is 27.6 Å². The minimum absolute atomic E-state index is 0.281. The zero-order chi connectivity index (χ0) is 21.8. The molecule has 0 radical (unpaired) electrons. The Morgan fingerprint density at radius 2 is 1.55 bits per heavy atom. The van der Waals surface area contributed by atoms with Gasteiger partial charge in [-0.05, 0) is 35.9 Å². The molecule has 2 nitrogen and oxygen atoms in total. The van der Waals surface area contributed by atoms with E-state index in [1.807, 2.05) is 0 Å². The molecule has 0 saturated carbocycles. The van der Waals surface area contributed by atoms with E-state index in [-0.39, 0.29) is 10.9 Å². The number of fused-ring (bicyclic) bond motifs is 2. The van der Waals surface area contributed by atoms with E-state index in [1.54, 1.807) is 36.7 Å². The van der Waals surface area contributed by atoms with Gasteiger partial charge in [0.15, 0.2) is 6.21 Å². The average molecular weight is 425 g/mol. The van der Waals surface area contributed by atoms with E-state index >= 15 is 0 Å². The molecule has 1 aliphatic heterocycles. The summed E-state index contributed by atoms with van der Waals surface area (Å²) >= 11 is 0. The molecule has 2 N–H and O–H groups in total. The van der Waals surface area contributed by atoms with Crippen LogP contribution in [-0.2, 0) is 6.18 Å². The molecule has 0 atom stereocenters. The number of H-pyrrole nitrogens is 1. The first-order valence-electron chi connectivity index (χ1n) is 9.41. The lowest BCUT2D eigenvalue weighted by Crippen LogP contribution is -2.58. The van der Waals surface area contributed by atoms with Gasteiger partial charge in [-0.2, -0.15) is 13.2 Å². The normalized spacial score (nSPS) is 14.9. The van der Waals surface area contributed by atoms with Crippen molar-refractivity contribution in [3.05, 3.63) is 101 Å². The SMILES string of the molecule is Fc1cccc2c1/C(=C(/c1ccc(C(F)(F)F)cc1)c1c[nH]c3cccc(F)c13)C=[NH+]2. The van der Waals surface area contributed by atoms with Gasteiger partial charge in [0, 0.05) is 34.3 Å². The molecule has 2 heterocycles. The number of hydrogen-bond donors (Lipinski definition) is 2. The number of rotatable bonds is 2. The van der Waals surface area contributed by atoms with Crippen LogP contribution in [0.1, 0.15) is 22.3 Å². The smallest absolute Gasteiger partial charge is 0.360 e. The second kappa shape index (κ2) is 6.91. The summed E-state index contributed by atoms with van der Waals surface area (Å²) in [5.74, 6) is -0.975. The van der Waals surface area contributed by atoms with Gasteiger partial charge in [-0.1, -0.05) is 24.3 Å². The fraction of sp³-hybridized carbons (Fsp3) is 0.0417. The Kier molecular flexibility index (Phi) is 4.28. The van der Waals surface area contributed by atoms with E-state index < -0.39 is 23.4 Å². The number of alkyl halides is 3. The van der Waals surface area contributed by atoms with Crippen molar-refractivity contribution in [1.29, 1.82) is 0 Å². The molecule has 0 unspecified atom stereocenters. The topological polar surface area (TPSA) is 29.8 Å². The third-order valence-electron chi connectivity index (χ3n) is 5.35. The predicted molar refractivity (Wildman–Crippen MR) is 109 cm³/mol. The number of nitrogens with one attached hydrogen (secondary N) is 2. The second-order valence-electron chi connectivity index (χ2n) is 7.18. The summed E-state index contributed by atoms with van der Waals surface area (Å²) in [6.07, 6.45) is -1.32. The Morgan fingerprint density at radius 1 is 0.839 bits per heavy atom. The zero-order valence-corrected chi connectivity index (χ0v) is 15.8. The summed E-state index contributed by atoms with van der Waals surface area (Å²) in [6.45, 7) is 0. The Bertz CT molecular complexity index is 1380. The van der Waals surface area contributed by atoms with Crippen molar-refractivity contribution in [1.82, 2.24) is 4.98 Å². The highest BCUT2D eigenvalue weighted by atomic mass is 19.4. The Balaban J connectivity index is 1.83. The summed E-state index contributed by atoms with van der Waals surface area (Å²) in [4.78, 5) is 5.99. The van der Waals surface area contributed by atoms with Crippen LogP contribution in [-0.4, -0.2) is 11.2 Å². The molecule has 0 bridgehead atoms. The summed E-state index contributed by atoms with van der Waals surface area (Å²) in [7, 11) is 0. The highest BCUT2D eigenvalue weighted by Gasteiger charge is 2.32. The van der Waals surface area contributed by atoms with Crippen molar-refractivity contribution in [2.24, 2.45) is 0 Å². The quantitative estimate of drug-likeness (QED) is 0.413. The number of aromatic nitrogens is 1. The van der Waals surface area contributed by atoms with Gasteiger partial charge in [-0.3, -0.25) is 0 Å². The molecule has 4 aromatic rings. The van der Waals surface area contributed by atoms with E-state index in [9.17, 15) is 22.0 Å². The van der Waals surface area contributed by atoms with Crippen molar-refractivity contribution in [2.45, 2.75) is 6.18 Å². The summed E-state index contributed by atoms with van der Waals surface area (Å²) < 4.78 is 68.7. The van der Waals surface area contributed by atoms with Crippen molar-refractivity contribution < 1.29 is 26.9 Å². The van der Waals surface area contributed by atoms with E-state index in [1.165, 1.54) is 24.3 Å². The van der Waals surface area contributed by atoms with Gasteiger partial charge in [-0.15, -0.1) is 0 Å². The lowest BCUT2D eigenvalue weighted by molar-refractivity contribution is -0.343. The maximum atomic E-state index is 14.7. The minimum Gasteiger partial charge on any atom is -0.360 e. The monoisotopic (exact) mass is 425 g/mol. The molecule has 0 saturated heterocycles. The van der Waals surface area contributed by atoms with E-state index in [0.29, 0.717) is 33.5 Å². The van der Waals surface area contributed by atoms with Crippen LogP contribution in [0.25, 0.3) is 22.0 Å². The van der Waals surface area contributed by atoms with Crippen molar-refractivity contribution in [3.8, 4) is 0 Å². The minimum atomic E-state index is -4.49. The van der Waals surface area contributed by atoms with E-state index in [2.05, 4.69) is 9.98 Å². The first-order valence-corrected chi connectivity index (χ1v) is 9.41. The van der Waals surface area contributed by atoms with Gasteiger partial charge in [0.1, 0.15) is 11.6 Å². The van der Waals surface area contributed by atoms with Crippen LogP contribution in [0.3, 0.4) is 0 Å². The standard InChI is InChI=1S/C24H13F5N2/c25-17-3-1-5-19-22(17)15(11-30-19)21(13-7-9-14(10-8-13)24(27,28)29)16-12-31-20-6-2-4-18(26)23(16)20/h1-12,30H/p+1/b21-16-. The first-order chi connectivity index (χ1) is 14.8. The predicted octanol–water partition coefficient (Wildman–Crippen LogP) is 5.22. The summed E-state index contributed by atoms with van der Waals surface area (Å²) in [5.41, 5.74) is 2.21. The number of hydrogen-bond acceptors (Lipinski definition) is 0. The highest BCUT2D eigenvalue weighted by Crippen LogP contribution is 2.40. The maximum Gasteiger partial charge on any atom is 0.416 e. The van der Waals surface area contributed by atoms with Crippen LogP contribution in [0.15, 0.2) is 66.9 Å². The number of benzene rings is 3. The van der Waals surface area contributed by atoms with Crippen molar-refractivity contribution in [3.63, 3.8) is 0 Å². The lowest BCUT2D eigenvalue weighted by atomic mass is 9.89. The van der Waals surface area contributed by atoms with Crippen molar-refractivity contribution >= 4 is 34.0 Å². The van der Waals surface area contributed by atoms with Gasteiger partial charge in [0.2, 0.25) is 5.69 Å². The van der Waals surface area contributed by atoms with Crippen LogP contribution in [0.2, 0.25) is 0 Å². The van der Waals surface area contributed by atoms with Gasteiger partial charge in [0.25, 0.3) is 0 Å². The molecule has 154 valence electrons. The number of halogens is 5. The molecule has 3 aromatic carbocycles. The Morgan fingerprint density at radius 3 is 2.29 bits per heavy atom. The van der Waals surface area contributed by atoms with Crippen LogP contribution in [0, 0.1) is 11.6 Å². The molecule has 0 fully saturated rings. The van der Waals surface area contributed by atoms with Crippen LogP contribution in [0.5, 0.6) is 0 Å². The summed E-state index contributed by atoms with van der Waals surface area (Å²) in [5, 5.41) is 0.281. The Hall–Kier alpha value is -3.74. The third-order valence-corrected chi connectivity index (χ3v) is 5.35. The summed E-state index contributed by atoms with van der Waals surface area (Å²) in [6, 6.07) is 13.7. The molecule has 1 aromatic heterocycles. The average Bonchev–Trinajstić information content (AvgIpc) is 3.35. The Labute approximate surface area is 173 Å². The molecule has 0 amide bonds. The molecule has 1 aliphatic rings. The molecule has 0 spiro atoms. The van der Waals surface area contributed by atoms with Crippen LogP contribution < -0.4 is 4.99 Å². The molecule has 0 aliphatic carbocycles. The highest BCUT2D eigenvalue weighted by molar-refractivity contribution is 6.24. The fourth-order valence-electron chi connectivity index (χ4n) is 3.96. The van der Waals surface area contributed by atoms with Gasteiger partial charge >= 0.3 is 6.18 Å². The number of aromatic amines is 1. The van der Waals surface area contributed by atoms with Crippen molar-refractivity contribution in [2.75, 3.05) is 0 Å². The van der Waals surface area contributed by atoms with Gasteiger partial charge < -0.3 is 4.98 Å².